The highest BCUT2D eigenvalue weighted by Gasteiger charge is 2.11. The maximum Gasteiger partial charge on any atom is 0.216 e. The lowest BCUT2D eigenvalue weighted by Gasteiger charge is -2.06. The van der Waals surface area contributed by atoms with E-state index in [0.717, 1.165) is 10.0 Å². The molecule has 1 aromatic carbocycles. The largest absolute Gasteiger partial charge is 0.481 e. The van der Waals surface area contributed by atoms with Crippen LogP contribution in [0, 0.1) is 6.92 Å². The Morgan fingerprint density at radius 2 is 2.11 bits per heavy atom. The molecule has 0 unspecified atom stereocenters. The van der Waals surface area contributed by atoms with Crippen LogP contribution >= 0.6 is 15.9 Å². The van der Waals surface area contributed by atoms with Crippen LogP contribution in [0.5, 0.6) is 5.88 Å². The first kappa shape index (κ1) is 13.7. The summed E-state index contributed by atoms with van der Waals surface area (Å²) in [5.74, 6) is 0.496. The molecule has 19 heavy (non-hydrogen) atoms. The van der Waals surface area contributed by atoms with Gasteiger partial charge in [-0.1, -0.05) is 22.0 Å². The Morgan fingerprint density at radius 3 is 2.79 bits per heavy atom. The molecule has 2 rings (SSSR count). The number of methoxy groups -OCH3 is 1. The summed E-state index contributed by atoms with van der Waals surface area (Å²) in [5, 5.41) is 0. The van der Waals surface area contributed by atoms with E-state index in [9.17, 15) is 4.79 Å². The Bertz CT molecular complexity index is 614. The third-order valence-corrected chi connectivity index (χ3v) is 3.23. The van der Waals surface area contributed by atoms with Gasteiger partial charge in [0.05, 0.1) is 19.2 Å². The average molecular weight is 321 g/mol. The number of hydrogen-bond acceptors (Lipinski definition) is 4. The first-order valence-corrected chi connectivity index (χ1v) is 6.53. The van der Waals surface area contributed by atoms with Crippen LogP contribution in [0.15, 0.2) is 35.1 Å². The van der Waals surface area contributed by atoms with E-state index >= 15 is 0 Å². The van der Waals surface area contributed by atoms with Crippen molar-refractivity contribution in [3.8, 4) is 5.88 Å². The summed E-state index contributed by atoms with van der Waals surface area (Å²) in [4.78, 5) is 20.2. The third kappa shape index (κ3) is 3.38. The normalized spacial score (nSPS) is 10.3. The van der Waals surface area contributed by atoms with Crippen molar-refractivity contribution in [2.24, 2.45) is 0 Å². The minimum Gasteiger partial charge on any atom is -0.481 e. The SMILES string of the molecule is COc1cc(CC(=O)c2ccc(Br)cc2C)ncn1. The van der Waals surface area contributed by atoms with Crippen molar-refractivity contribution in [1.29, 1.82) is 0 Å². The van der Waals surface area contributed by atoms with Crippen LogP contribution in [-0.2, 0) is 6.42 Å². The minimum atomic E-state index is 0.0331. The predicted octanol–water partition coefficient (Wildman–Crippen LogP) is 2.98. The Balaban J connectivity index is 2.20. The summed E-state index contributed by atoms with van der Waals surface area (Å²) >= 11 is 3.38. The fourth-order valence-corrected chi connectivity index (χ4v) is 2.26. The van der Waals surface area contributed by atoms with Crippen LogP contribution in [0.1, 0.15) is 21.6 Å². The topological polar surface area (TPSA) is 52.1 Å². The van der Waals surface area contributed by atoms with E-state index in [1.807, 2.05) is 25.1 Å². The van der Waals surface area contributed by atoms with Gasteiger partial charge in [-0.2, -0.15) is 0 Å². The van der Waals surface area contributed by atoms with Gasteiger partial charge in [0.15, 0.2) is 5.78 Å². The van der Waals surface area contributed by atoms with Crippen LogP contribution < -0.4 is 4.74 Å². The standard InChI is InChI=1S/C14H13BrN2O2/c1-9-5-10(15)3-4-12(9)13(18)6-11-7-14(19-2)17-8-16-11/h3-5,7-8H,6H2,1-2H3. The minimum absolute atomic E-state index is 0.0331. The summed E-state index contributed by atoms with van der Waals surface area (Å²) < 4.78 is 5.98. The molecule has 0 aliphatic heterocycles. The van der Waals surface area contributed by atoms with Crippen LogP contribution in [0.25, 0.3) is 0 Å². The lowest BCUT2D eigenvalue weighted by atomic mass is 10.0. The van der Waals surface area contributed by atoms with Gasteiger partial charge < -0.3 is 4.74 Å². The van der Waals surface area contributed by atoms with Gasteiger partial charge in [-0.15, -0.1) is 0 Å². The van der Waals surface area contributed by atoms with E-state index in [-0.39, 0.29) is 12.2 Å². The molecule has 0 fully saturated rings. The third-order valence-electron chi connectivity index (χ3n) is 2.74. The number of Topliss-reactive ketones (excluding diaryl/α,β-unsaturated/α-hetero) is 1. The average Bonchev–Trinajstić information content (AvgIpc) is 2.38. The first-order chi connectivity index (χ1) is 9.10. The van der Waals surface area contributed by atoms with Crippen molar-refractivity contribution < 1.29 is 9.53 Å². The monoisotopic (exact) mass is 320 g/mol. The molecular weight excluding hydrogens is 308 g/mol. The molecule has 0 atom stereocenters. The molecule has 2 aromatic rings. The number of carbonyl (C=O) groups is 1. The van der Waals surface area contributed by atoms with Gasteiger partial charge in [0, 0.05) is 16.1 Å². The highest BCUT2D eigenvalue weighted by atomic mass is 79.9. The van der Waals surface area contributed by atoms with Crippen molar-refractivity contribution in [2.75, 3.05) is 7.11 Å². The number of carbonyl (C=O) groups excluding carboxylic acids is 1. The highest BCUT2D eigenvalue weighted by molar-refractivity contribution is 9.10. The number of aromatic nitrogens is 2. The molecule has 0 amide bonds. The first-order valence-electron chi connectivity index (χ1n) is 5.74. The van der Waals surface area contributed by atoms with Crippen LogP contribution in [0.3, 0.4) is 0 Å². The van der Waals surface area contributed by atoms with E-state index in [1.165, 1.54) is 13.4 Å². The van der Waals surface area contributed by atoms with Gasteiger partial charge in [-0.05, 0) is 24.6 Å². The lowest BCUT2D eigenvalue weighted by molar-refractivity contribution is 0.0991. The highest BCUT2D eigenvalue weighted by Crippen LogP contribution is 2.18. The maximum absolute atomic E-state index is 12.2. The molecule has 0 saturated carbocycles. The zero-order valence-electron chi connectivity index (χ0n) is 10.7. The number of halogens is 1. The quantitative estimate of drug-likeness (QED) is 0.813. The van der Waals surface area contributed by atoms with Crippen molar-refractivity contribution in [2.45, 2.75) is 13.3 Å². The second kappa shape index (κ2) is 5.93. The van der Waals surface area contributed by atoms with Crippen LogP contribution in [-0.4, -0.2) is 22.9 Å². The van der Waals surface area contributed by atoms with E-state index < -0.39 is 0 Å². The Hall–Kier alpha value is -1.75. The number of nitrogens with zero attached hydrogens (tertiary/aromatic N) is 2. The lowest BCUT2D eigenvalue weighted by Crippen LogP contribution is -2.07. The molecule has 4 nitrogen and oxygen atoms in total. The van der Waals surface area contributed by atoms with Gasteiger partial charge in [0.1, 0.15) is 6.33 Å². The number of ether oxygens (including phenoxy) is 1. The molecular formula is C14H13BrN2O2. The molecule has 0 aliphatic carbocycles. The van der Waals surface area contributed by atoms with E-state index in [0.29, 0.717) is 17.1 Å². The van der Waals surface area contributed by atoms with Gasteiger partial charge in [0.2, 0.25) is 5.88 Å². The van der Waals surface area contributed by atoms with Crippen LogP contribution in [0.2, 0.25) is 0 Å². The number of rotatable bonds is 4. The van der Waals surface area contributed by atoms with E-state index in [1.54, 1.807) is 6.07 Å². The molecule has 0 N–H and O–H groups in total. The molecule has 5 heteroatoms. The fraction of sp³-hybridized carbons (Fsp3) is 0.214. The Labute approximate surface area is 120 Å². The van der Waals surface area contributed by atoms with Crippen molar-refractivity contribution in [1.82, 2.24) is 9.97 Å². The predicted molar refractivity (Wildman–Crippen MR) is 75.5 cm³/mol. The number of hydrogen-bond donors (Lipinski definition) is 0. The zero-order chi connectivity index (χ0) is 13.8. The summed E-state index contributed by atoms with van der Waals surface area (Å²) in [7, 11) is 1.53. The molecule has 1 aromatic heterocycles. The summed E-state index contributed by atoms with van der Waals surface area (Å²) in [6.45, 7) is 1.92. The molecule has 0 spiro atoms. The molecule has 0 saturated heterocycles. The maximum atomic E-state index is 12.2. The molecule has 0 bridgehead atoms. The van der Waals surface area contributed by atoms with Crippen molar-refractivity contribution >= 4 is 21.7 Å². The molecule has 0 aliphatic rings. The summed E-state index contributed by atoms with van der Waals surface area (Å²) in [6, 6.07) is 7.28. The molecule has 98 valence electrons. The van der Waals surface area contributed by atoms with Crippen molar-refractivity contribution in [3.63, 3.8) is 0 Å². The Morgan fingerprint density at radius 1 is 1.32 bits per heavy atom. The molecule has 1 heterocycles. The summed E-state index contributed by atoms with van der Waals surface area (Å²) in [6.07, 6.45) is 1.64. The number of ketones is 1. The zero-order valence-corrected chi connectivity index (χ0v) is 12.3. The van der Waals surface area contributed by atoms with E-state index in [2.05, 4.69) is 25.9 Å². The summed E-state index contributed by atoms with van der Waals surface area (Å²) in [5.41, 5.74) is 2.31. The molecule has 0 radical (unpaired) electrons. The van der Waals surface area contributed by atoms with E-state index in [4.69, 9.17) is 4.74 Å². The van der Waals surface area contributed by atoms with Gasteiger partial charge in [-0.3, -0.25) is 4.79 Å². The van der Waals surface area contributed by atoms with Gasteiger partial charge in [0.25, 0.3) is 0 Å². The van der Waals surface area contributed by atoms with Gasteiger partial charge in [-0.25, -0.2) is 9.97 Å². The fourth-order valence-electron chi connectivity index (χ4n) is 1.78. The van der Waals surface area contributed by atoms with Crippen LogP contribution in [0.4, 0.5) is 0 Å². The second-order valence-corrected chi connectivity index (χ2v) is 5.03. The van der Waals surface area contributed by atoms with Gasteiger partial charge >= 0.3 is 0 Å². The Kier molecular flexibility index (Phi) is 4.27. The smallest absolute Gasteiger partial charge is 0.216 e. The number of aryl methyl sites for hydroxylation is 1. The number of benzene rings is 1. The second-order valence-electron chi connectivity index (χ2n) is 4.11. The van der Waals surface area contributed by atoms with Crippen molar-refractivity contribution in [3.05, 3.63) is 51.9 Å².